The molecule has 0 radical (unpaired) electrons. The number of benzene rings is 1. The van der Waals surface area contributed by atoms with E-state index in [-0.39, 0.29) is 11.0 Å². The number of rotatable bonds is 8. The summed E-state index contributed by atoms with van der Waals surface area (Å²) in [6.07, 6.45) is 2.42. The van der Waals surface area contributed by atoms with Gasteiger partial charge in [-0.3, -0.25) is 0 Å². The second-order valence-corrected chi connectivity index (χ2v) is 9.53. The lowest BCUT2D eigenvalue weighted by Gasteiger charge is -2.34. The van der Waals surface area contributed by atoms with E-state index >= 15 is 0 Å². The largest absolute Gasteiger partial charge is 0.494 e. The van der Waals surface area contributed by atoms with Crippen LogP contribution in [0.15, 0.2) is 41.3 Å². The van der Waals surface area contributed by atoms with Crippen molar-refractivity contribution in [3.8, 4) is 5.75 Å². The van der Waals surface area contributed by atoms with Gasteiger partial charge in [0.15, 0.2) is 5.82 Å². The minimum atomic E-state index is -3.53. The monoisotopic (exact) mass is 447 g/mol. The van der Waals surface area contributed by atoms with E-state index in [4.69, 9.17) is 9.47 Å². The zero-order valence-electron chi connectivity index (χ0n) is 17.7. The first-order chi connectivity index (χ1) is 15.1. The highest BCUT2D eigenvalue weighted by molar-refractivity contribution is 7.89. The Morgan fingerprint density at radius 1 is 1.10 bits per heavy atom. The van der Waals surface area contributed by atoms with Gasteiger partial charge in [0.1, 0.15) is 11.6 Å². The molecule has 2 saturated heterocycles. The number of sulfonamides is 1. The van der Waals surface area contributed by atoms with Crippen LogP contribution in [0.5, 0.6) is 5.75 Å². The molecular formula is C21H29N5O4S. The highest BCUT2D eigenvalue weighted by atomic mass is 32.2. The molecule has 1 aromatic heterocycles. The van der Waals surface area contributed by atoms with Crippen molar-refractivity contribution in [1.29, 1.82) is 0 Å². The highest BCUT2D eigenvalue weighted by Crippen LogP contribution is 2.22. The third-order valence-corrected chi connectivity index (χ3v) is 7.43. The van der Waals surface area contributed by atoms with Crippen molar-refractivity contribution >= 4 is 21.7 Å². The second kappa shape index (κ2) is 9.80. The number of aromatic nitrogens is 2. The first-order valence-electron chi connectivity index (χ1n) is 10.7. The number of hydrogen-bond donors (Lipinski definition) is 1. The molecule has 0 saturated carbocycles. The van der Waals surface area contributed by atoms with E-state index in [0.717, 1.165) is 37.6 Å². The topological polar surface area (TPSA) is 96.9 Å². The molecule has 1 aromatic carbocycles. The van der Waals surface area contributed by atoms with Crippen molar-refractivity contribution in [2.45, 2.75) is 30.8 Å². The van der Waals surface area contributed by atoms with Gasteiger partial charge in [-0.2, -0.15) is 4.31 Å². The predicted octanol–water partition coefficient (Wildman–Crippen LogP) is 1.98. The van der Waals surface area contributed by atoms with Crippen LogP contribution in [-0.4, -0.2) is 75.0 Å². The molecule has 2 fully saturated rings. The molecule has 31 heavy (non-hydrogen) atoms. The smallest absolute Gasteiger partial charge is 0.243 e. The molecule has 2 aromatic rings. The highest BCUT2D eigenvalue weighted by Gasteiger charge is 2.29. The number of nitrogens with zero attached hydrogens (tertiary/aromatic N) is 4. The fourth-order valence-electron chi connectivity index (χ4n) is 3.79. The van der Waals surface area contributed by atoms with Crippen LogP contribution in [0.4, 0.5) is 11.6 Å². The van der Waals surface area contributed by atoms with Gasteiger partial charge in [-0.05, 0) is 56.2 Å². The van der Waals surface area contributed by atoms with E-state index in [9.17, 15) is 8.42 Å². The maximum atomic E-state index is 12.9. The molecule has 1 atom stereocenters. The Kier molecular flexibility index (Phi) is 6.89. The molecule has 168 valence electrons. The first kappa shape index (κ1) is 21.8. The zero-order chi connectivity index (χ0) is 21.7. The second-order valence-electron chi connectivity index (χ2n) is 7.59. The van der Waals surface area contributed by atoms with E-state index in [1.165, 1.54) is 4.31 Å². The normalized spacial score (nSPS) is 20.0. The van der Waals surface area contributed by atoms with Crippen LogP contribution < -0.4 is 15.0 Å². The lowest BCUT2D eigenvalue weighted by molar-refractivity contribution is 0.120. The predicted molar refractivity (Wildman–Crippen MR) is 118 cm³/mol. The maximum Gasteiger partial charge on any atom is 0.243 e. The number of hydrogen-bond acceptors (Lipinski definition) is 8. The van der Waals surface area contributed by atoms with Crippen LogP contribution in [0, 0.1) is 0 Å². The Balaban J connectivity index is 1.31. The molecule has 10 heteroatoms. The summed E-state index contributed by atoms with van der Waals surface area (Å²) in [5.74, 6) is 2.13. The number of nitrogens with one attached hydrogen (secondary N) is 1. The number of ether oxygens (including phenoxy) is 2. The number of anilines is 2. The van der Waals surface area contributed by atoms with Crippen molar-refractivity contribution in [1.82, 2.24) is 14.5 Å². The average molecular weight is 448 g/mol. The van der Waals surface area contributed by atoms with Crippen molar-refractivity contribution in [2.75, 3.05) is 56.2 Å². The van der Waals surface area contributed by atoms with E-state index in [0.29, 0.717) is 38.5 Å². The van der Waals surface area contributed by atoms with Gasteiger partial charge < -0.3 is 19.7 Å². The molecule has 2 aliphatic rings. The van der Waals surface area contributed by atoms with E-state index in [1.54, 1.807) is 24.3 Å². The summed E-state index contributed by atoms with van der Waals surface area (Å²) in [6.45, 7) is 5.92. The van der Waals surface area contributed by atoms with Crippen molar-refractivity contribution in [3.05, 3.63) is 36.4 Å². The average Bonchev–Trinajstić information content (AvgIpc) is 3.33. The molecule has 0 amide bonds. The molecule has 3 heterocycles. The summed E-state index contributed by atoms with van der Waals surface area (Å²) in [7, 11) is -3.53. The maximum absolute atomic E-state index is 12.9. The summed E-state index contributed by atoms with van der Waals surface area (Å²) in [5.41, 5.74) is 0. The van der Waals surface area contributed by atoms with Crippen molar-refractivity contribution in [3.63, 3.8) is 0 Å². The summed E-state index contributed by atoms with van der Waals surface area (Å²) in [5, 5.41) is 11.8. The Morgan fingerprint density at radius 2 is 1.87 bits per heavy atom. The lowest BCUT2D eigenvalue weighted by Crippen LogP contribution is -2.49. The molecule has 2 aliphatic heterocycles. The minimum absolute atomic E-state index is 0.242. The van der Waals surface area contributed by atoms with Crippen LogP contribution in [0.25, 0.3) is 0 Å². The van der Waals surface area contributed by atoms with Gasteiger partial charge in [0.2, 0.25) is 10.0 Å². The van der Waals surface area contributed by atoms with Crippen molar-refractivity contribution in [2.24, 2.45) is 0 Å². The standard InChI is InChI=1S/C21H29N5O4S/c1-2-29-17-5-7-19(8-6-17)31(27,28)26-13-11-25(12-14-26)21-10-9-20(23-24-21)22-16-18-4-3-15-30-18/h5-10,18H,2-4,11-16H2,1H3,(H,22,23). The molecule has 0 aliphatic carbocycles. The molecule has 0 spiro atoms. The lowest BCUT2D eigenvalue weighted by atomic mass is 10.2. The van der Waals surface area contributed by atoms with Crippen LogP contribution in [0.1, 0.15) is 19.8 Å². The Hall–Kier alpha value is -2.43. The van der Waals surface area contributed by atoms with E-state index in [1.807, 2.05) is 19.1 Å². The van der Waals surface area contributed by atoms with Gasteiger partial charge in [0, 0.05) is 39.3 Å². The van der Waals surface area contributed by atoms with Gasteiger partial charge >= 0.3 is 0 Å². The fraction of sp³-hybridized carbons (Fsp3) is 0.524. The summed E-state index contributed by atoms with van der Waals surface area (Å²) < 4.78 is 38.4. The van der Waals surface area contributed by atoms with Crippen LogP contribution in [0.3, 0.4) is 0 Å². The molecular weight excluding hydrogens is 418 g/mol. The summed E-state index contributed by atoms with van der Waals surface area (Å²) in [6, 6.07) is 10.4. The van der Waals surface area contributed by atoms with Crippen LogP contribution >= 0.6 is 0 Å². The van der Waals surface area contributed by atoms with Crippen molar-refractivity contribution < 1.29 is 17.9 Å². The first-order valence-corrected chi connectivity index (χ1v) is 12.2. The Morgan fingerprint density at radius 3 is 2.48 bits per heavy atom. The van der Waals surface area contributed by atoms with Gasteiger partial charge in [0.25, 0.3) is 0 Å². The Bertz CT molecular complexity index is 939. The fourth-order valence-corrected chi connectivity index (χ4v) is 5.22. The Labute approximate surface area is 183 Å². The molecule has 1 N–H and O–H groups in total. The van der Waals surface area contributed by atoms with E-state index < -0.39 is 10.0 Å². The van der Waals surface area contributed by atoms with Gasteiger partial charge in [0.05, 0.1) is 17.6 Å². The van der Waals surface area contributed by atoms with Gasteiger partial charge in [-0.15, -0.1) is 10.2 Å². The zero-order valence-corrected chi connectivity index (χ0v) is 18.6. The SMILES string of the molecule is CCOc1ccc(S(=O)(=O)N2CCN(c3ccc(NCC4CCCO4)nn3)CC2)cc1. The third kappa shape index (κ3) is 5.25. The third-order valence-electron chi connectivity index (χ3n) is 5.52. The summed E-state index contributed by atoms with van der Waals surface area (Å²) >= 11 is 0. The van der Waals surface area contributed by atoms with Crippen LogP contribution in [-0.2, 0) is 14.8 Å². The van der Waals surface area contributed by atoms with Crippen LogP contribution in [0.2, 0.25) is 0 Å². The minimum Gasteiger partial charge on any atom is -0.494 e. The molecule has 4 rings (SSSR count). The van der Waals surface area contributed by atoms with E-state index in [2.05, 4.69) is 20.4 Å². The molecule has 0 bridgehead atoms. The van der Waals surface area contributed by atoms with Gasteiger partial charge in [-0.25, -0.2) is 8.42 Å². The summed E-state index contributed by atoms with van der Waals surface area (Å²) in [4.78, 5) is 2.34. The quantitative estimate of drug-likeness (QED) is 0.656. The number of piperazine rings is 1. The molecule has 9 nitrogen and oxygen atoms in total. The molecule has 1 unspecified atom stereocenters. The van der Waals surface area contributed by atoms with Gasteiger partial charge in [-0.1, -0.05) is 0 Å².